The smallest absolute Gasteiger partial charge is 0.335 e. The van der Waals surface area contributed by atoms with Crippen LogP contribution in [0, 0.1) is 6.92 Å². The van der Waals surface area contributed by atoms with Crippen molar-refractivity contribution in [2.45, 2.75) is 6.92 Å². The fraction of sp³-hybridized carbons (Fsp3) is 0.0769. The maximum atomic E-state index is 10.8. The van der Waals surface area contributed by atoms with Crippen molar-refractivity contribution in [3.8, 4) is 0 Å². The summed E-state index contributed by atoms with van der Waals surface area (Å²) in [5.74, 6) is -0.904. The Morgan fingerprint density at radius 2 is 2.12 bits per heavy atom. The van der Waals surface area contributed by atoms with Gasteiger partial charge in [-0.15, -0.1) is 0 Å². The molecule has 0 atom stereocenters. The molecular formula is C13H9NO2. The predicted molar refractivity (Wildman–Crippen MR) is 62.0 cm³/mol. The second-order valence-electron chi connectivity index (χ2n) is 3.98. The summed E-state index contributed by atoms with van der Waals surface area (Å²) in [5.41, 5.74) is 5.10. The Bertz CT molecular complexity index is 606. The van der Waals surface area contributed by atoms with Gasteiger partial charge in [-0.2, -0.15) is 0 Å². The summed E-state index contributed by atoms with van der Waals surface area (Å²) >= 11 is 0. The lowest BCUT2D eigenvalue weighted by Gasteiger charge is -2.00. The van der Waals surface area contributed by atoms with E-state index in [0.717, 1.165) is 28.1 Å². The van der Waals surface area contributed by atoms with E-state index in [0.29, 0.717) is 5.57 Å². The molecule has 3 rings (SSSR count). The van der Waals surface area contributed by atoms with Crippen LogP contribution >= 0.6 is 0 Å². The molecular weight excluding hydrogens is 202 g/mol. The van der Waals surface area contributed by atoms with Crippen molar-refractivity contribution in [2.75, 3.05) is 0 Å². The maximum absolute atomic E-state index is 10.8. The van der Waals surface area contributed by atoms with Crippen LogP contribution in [0.1, 0.15) is 11.1 Å². The molecule has 3 nitrogen and oxygen atoms in total. The highest BCUT2D eigenvalue weighted by Gasteiger charge is 2.25. The second-order valence-corrected chi connectivity index (χ2v) is 3.98. The fourth-order valence-corrected chi connectivity index (χ4v) is 2.02. The van der Waals surface area contributed by atoms with E-state index in [1.807, 2.05) is 25.1 Å². The van der Waals surface area contributed by atoms with Crippen molar-refractivity contribution >= 4 is 22.9 Å². The van der Waals surface area contributed by atoms with Crippen LogP contribution in [0.3, 0.4) is 0 Å². The molecule has 1 heterocycles. The van der Waals surface area contributed by atoms with Crippen LogP contribution in [0.5, 0.6) is 0 Å². The number of carboxylic acids is 1. The zero-order valence-corrected chi connectivity index (χ0v) is 8.69. The van der Waals surface area contributed by atoms with Gasteiger partial charge in [0.25, 0.3) is 0 Å². The van der Waals surface area contributed by atoms with E-state index >= 15 is 0 Å². The van der Waals surface area contributed by atoms with Crippen LogP contribution in [-0.4, -0.2) is 16.8 Å². The first-order chi connectivity index (χ1) is 7.65. The molecule has 1 aromatic carbocycles. The van der Waals surface area contributed by atoms with Crippen LogP contribution in [0.4, 0.5) is 5.69 Å². The number of fused-ring (bicyclic) bond motifs is 3. The number of nitrogens with zero attached hydrogens (tertiary/aromatic N) is 1. The van der Waals surface area contributed by atoms with Gasteiger partial charge in [-0.1, -0.05) is 11.6 Å². The number of hydrogen-bond donors (Lipinski definition) is 1. The van der Waals surface area contributed by atoms with Crippen molar-refractivity contribution in [3.63, 3.8) is 0 Å². The highest BCUT2D eigenvalue weighted by Crippen LogP contribution is 2.39. The lowest BCUT2D eigenvalue weighted by atomic mass is 10.0. The third-order valence-corrected chi connectivity index (χ3v) is 2.80. The minimum Gasteiger partial charge on any atom is -0.478 e. The van der Waals surface area contributed by atoms with Gasteiger partial charge in [0.1, 0.15) is 0 Å². The van der Waals surface area contributed by atoms with Gasteiger partial charge >= 0.3 is 5.97 Å². The third-order valence-electron chi connectivity index (χ3n) is 2.80. The van der Waals surface area contributed by atoms with E-state index in [1.54, 1.807) is 12.2 Å². The molecule has 1 aromatic rings. The molecule has 1 N–H and O–H groups in total. The largest absolute Gasteiger partial charge is 0.478 e. The Morgan fingerprint density at radius 3 is 2.88 bits per heavy atom. The molecule has 0 saturated carbocycles. The van der Waals surface area contributed by atoms with Gasteiger partial charge in [0.05, 0.1) is 17.0 Å². The molecule has 78 valence electrons. The number of allylic oxidation sites excluding steroid dienone is 2. The van der Waals surface area contributed by atoms with Crippen molar-refractivity contribution in [1.29, 1.82) is 0 Å². The van der Waals surface area contributed by atoms with Crippen molar-refractivity contribution in [3.05, 3.63) is 47.1 Å². The molecule has 0 radical (unpaired) electrons. The quantitative estimate of drug-likeness (QED) is 0.775. The maximum Gasteiger partial charge on any atom is 0.335 e. The molecule has 0 amide bonds. The standard InChI is InChI=1S/C13H9NO2/c1-7-2-3-11-9(4-7)10-5-8(13(15)16)6-12(10)14-11/h2-6H,1H3,(H,15,16). The number of hydrogen-bond acceptors (Lipinski definition) is 2. The average Bonchev–Trinajstić information content (AvgIpc) is 2.75. The minimum absolute atomic E-state index is 0.306. The normalized spacial score (nSPS) is 16.2. The monoisotopic (exact) mass is 211 g/mol. The summed E-state index contributed by atoms with van der Waals surface area (Å²) in [6.45, 7) is 2.01. The van der Waals surface area contributed by atoms with Crippen LogP contribution in [0.2, 0.25) is 0 Å². The lowest BCUT2D eigenvalue weighted by Crippen LogP contribution is -1.95. The third kappa shape index (κ3) is 1.15. The van der Waals surface area contributed by atoms with Crippen LogP contribution < -0.4 is 0 Å². The van der Waals surface area contributed by atoms with E-state index in [1.165, 1.54) is 0 Å². The number of carbonyl (C=O) groups is 1. The van der Waals surface area contributed by atoms with Crippen molar-refractivity contribution < 1.29 is 9.90 Å². The van der Waals surface area contributed by atoms with Crippen LogP contribution in [0.25, 0.3) is 5.57 Å². The number of aliphatic carboxylic acids is 1. The molecule has 16 heavy (non-hydrogen) atoms. The van der Waals surface area contributed by atoms with E-state index < -0.39 is 5.97 Å². The van der Waals surface area contributed by atoms with Crippen LogP contribution in [-0.2, 0) is 4.79 Å². The molecule has 2 aliphatic rings. The molecule has 0 unspecified atom stereocenters. The SMILES string of the molecule is Cc1ccc2c(c1)C1=CC(C(=O)O)=CC1=N2. The minimum atomic E-state index is -0.904. The van der Waals surface area contributed by atoms with Crippen molar-refractivity contribution in [2.24, 2.45) is 4.99 Å². The molecule has 0 spiro atoms. The number of rotatable bonds is 1. The van der Waals surface area contributed by atoms with Crippen LogP contribution in [0.15, 0.2) is 40.9 Å². The Kier molecular flexibility index (Phi) is 1.66. The summed E-state index contributed by atoms with van der Waals surface area (Å²) in [4.78, 5) is 15.2. The topological polar surface area (TPSA) is 49.7 Å². The number of aryl methyl sites for hydroxylation is 1. The summed E-state index contributed by atoms with van der Waals surface area (Å²) in [6, 6.07) is 6.01. The molecule has 0 fully saturated rings. The van der Waals surface area contributed by atoms with Gasteiger partial charge in [0.2, 0.25) is 0 Å². The summed E-state index contributed by atoms with van der Waals surface area (Å²) in [5, 5.41) is 8.90. The predicted octanol–water partition coefficient (Wildman–Crippen LogP) is 2.49. The number of carboxylic acid groups (broad SMARTS) is 1. The van der Waals surface area contributed by atoms with E-state index in [9.17, 15) is 4.79 Å². The second kappa shape index (κ2) is 2.92. The lowest BCUT2D eigenvalue weighted by molar-refractivity contribution is -0.132. The Balaban J connectivity index is 2.15. The first-order valence-corrected chi connectivity index (χ1v) is 5.02. The zero-order valence-electron chi connectivity index (χ0n) is 8.69. The first-order valence-electron chi connectivity index (χ1n) is 5.02. The number of benzene rings is 1. The van der Waals surface area contributed by atoms with E-state index in [2.05, 4.69) is 4.99 Å². The molecule has 0 bridgehead atoms. The van der Waals surface area contributed by atoms with E-state index in [-0.39, 0.29) is 0 Å². The van der Waals surface area contributed by atoms with Gasteiger partial charge < -0.3 is 5.11 Å². The van der Waals surface area contributed by atoms with Gasteiger partial charge in [-0.3, -0.25) is 0 Å². The molecule has 0 aromatic heterocycles. The Labute approximate surface area is 92.4 Å². The fourth-order valence-electron chi connectivity index (χ4n) is 2.02. The van der Waals surface area contributed by atoms with Gasteiger partial charge in [-0.25, -0.2) is 9.79 Å². The Hall–Kier alpha value is -2.16. The van der Waals surface area contributed by atoms with Crippen molar-refractivity contribution in [1.82, 2.24) is 0 Å². The summed E-state index contributed by atoms with van der Waals surface area (Å²) in [6.07, 6.45) is 3.30. The highest BCUT2D eigenvalue weighted by atomic mass is 16.4. The Morgan fingerprint density at radius 1 is 1.31 bits per heavy atom. The molecule has 0 saturated heterocycles. The van der Waals surface area contributed by atoms with E-state index in [4.69, 9.17) is 5.11 Å². The highest BCUT2D eigenvalue weighted by molar-refractivity contribution is 6.38. The molecule has 1 aliphatic carbocycles. The molecule has 3 heteroatoms. The number of aliphatic imine (C=N–C) groups is 1. The first kappa shape index (κ1) is 9.09. The zero-order chi connectivity index (χ0) is 11.3. The van der Waals surface area contributed by atoms with Gasteiger partial charge in [0.15, 0.2) is 0 Å². The summed E-state index contributed by atoms with van der Waals surface area (Å²) in [7, 11) is 0. The van der Waals surface area contributed by atoms with Gasteiger partial charge in [0, 0.05) is 11.1 Å². The summed E-state index contributed by atoms with van der Waals surface area (Å²) < 4.78 is 0. The van der Waals surface area contributed by atoms with Gasteiger partial charge in [-0.05, 0) is 31.2 Å². The average molecular weight is 211 g/mol. The molecule has 1 aliphatic heterocycles.